The Labute approximate surface area is 161 Å². The van der Waals surface area contributed by atoms with Gasteiger partial charge >= 0.3 is 5.97 Å². The van der Waals surface area contributed by atoms with Crippen molar-refractivity contribution in [2.75, 3.05) is 6.54 Å². The highest BCUT2D eigenvalue weighted by Gasteiger charge is 2.18. The molecule has 1 atom stereocenters. The third-order valence-electron chi connectivity index (χ3n) is 4.44. The Morgan fingerprint density at radius 2 is 1.93 bits per heavy atom. The minimum Gasteiger partial charge on any atom is -0.487 e. The van der Waals surface area contributed by atoms with E-state index in [1.165, 1.54) is 0 Å². The number of ether oxygens (including phenoxy) is 1. The zero-order chi connectivity index (χ0) is 19.8. The van der Waals surface area contributed by atoms with Crippen LogP contribution < -0.4 is 10.1 Å². The van der Waals surface area contributed by atoms with Crippen LogP contribution >= 0.6 is 0 Å². The molecule has 0 radical (unpaired) electrons. The van der Waals surface area contributed by atoms with Crippen molar-refractivity contribution in [1.82, 2.24) is 10.3 Å². The van der Waals surface area contributed by atoms with E-state index in [1.54, 1.807) is 6.20 Å². The molecule has 0 aliphatic carbocycles. The van der Waals surface area contributed by atoms with Gasteiger partial charge in [-0.15, -0.1) is 0 Å². The maximum absolute atomic E-state index is 11.4. The van der Waals surface area contributed by atoms with E-state index in [0.717, 1.165) is 28.1 Å². The van der Waals surface area contributed by atoms with Crippen LogP contribution in [0.1, 0.15) is 42.7 Å². The number of aromatic nitrogens is 1. The monoisotopic (exact) mass is 370 g/mol. The van der Waals surface area contributed by atoms with Crippen LogP contribution in [0, 0.1) is 25.7 Å². The van der Waals surface area contributed by atoms with Crippen molar-refractivity contribution in [2.24, 2.45) is 11.8 Å². The predicted molar refractivity (Wildman–Crippen MR) is 107 cm³/mol. The Morgan fingerprint density at radius 1 is 1.22 bits per heavy atom. The molecular weight excluding hydrogens is 340 g/mol. The van der Waals surface area contributed by atoms with Crippen molar-refractivity contribution < 1.29 is 14.6 Å². The molecule has 5 nitrogen and oxygen atoms in total. The molecule has 0 bridgehead atoms. The van der Waals surface area contributed by atoms with E-state index in [0.29, 0.717) is 32.0 Å². The number of nitrogens with zero attached hydrogens (tertiary/aromatic N) is 1. The number of rotatable bonds is 10. The first-order chi connectivity index (χ1) is 12.9. The summed E-state index contributed by atoms with van der Waals surface area (Å²) < 4.78 is 5.97. The minimum absolute atomic E-state index is 0.354. The van der Waals surface area contributed by atoms with Crippen LogP contribution in [0.4, 0.5) is 0 Å². The van der Waals surface area contributed by atoms with E-state index in [1.807, 2.05) is 45.9 Å². The van der Waals surface area contributed by atoms with Gasteiger partial charge in [0.15, 0.2) is 0 Å². The average molecular weight is 370 g/mol. The molecule has 1 aromatic carbocycles. The standard InChI is InChI=1S/C22H30N2O3/c1-15(2)9-19(22(25)26)13-23-12-18-10-16(3)21(17(4)11-18)27-14-20-7-5-6-8-24-20/h5-8,10-11,15,19,23H,9,12-14H2,1-4H3,(H,25,26). The molecule has 0 saturated heterocycles. The number of carboxylic acids is 1. The van der Waals surface area contributed by atoms with Gasteiger partial charge in [0, 0.05) is 19.3 Å². The van der Waals surface area contributed by atoms with Gasteiger partial charge in [-0.25, -0.2) is 0 Å². The summed E-state index contributed by atoms with van der Waals surface area (Å²) in [4.78, 5) is 15.6. The lowest BCUT2D eigenvalue weighted by Crippen LogP contribution is -2.29. The van der Waals surface area contributed by atoms with Crippen molar-refractivity contribution >= 4 is 5.97 Å². The summed E-state index contributed by atoms with van der Waals surface area (Å²) in [7, 11) is 0. The number of hydrogen-bond acceptors (Lipinski definition) is 4. The highest BCUT2D eigenvalue weighted by molar-refractivity contribution is 5.70. The van der Waals surface area contributed by atoms with Crippen molar-refractivity contribution in [3.05, 3.63) is 58.9 Å². The first-order valence-electron chi connectivity index (χ1n) is 9.43. The molecule has 0 aliphatic rings. The highest BCUT2D eigenvalue weighted by atomic mass is 16.5. The summed E-state index contributed by atoms with van der Waals surface area (Å²) in [5.41, 5.74) is 4.16. The lowest BCUT2D eigenvalue weighted by Gasteiger charge is -2.17. The van der Waals surface area contributed by atoms with Crippen LogP contribution in [0.3, 0.4) is 0 Å². The van der Waals surface area contributed by atoms with Gasteiger partial charge in [-0.3, -0.25) is 9.78 Å². The predicted octanol–water partition coefficient (Wildman–Crippen LogP) is 4.11. The second-order valence-corrected chi connectivity index (χ2v) is 7.46. The van der Waals surface area contributed by atoms with Crippen LogP contribution in [0.5, 0.6) is 5.75 Å². The van der Waals surface area contributed by atoms with Gasteiger partial charge in [-0.1, -0.05) is 32.0 Å². The molecule has 0 aliphatic heterocycles. The highest BCUT2D eigenvalue weighted by Crippen LogP contribution is 2.25. The van der Waals surface area contributed by atoms with Crippen molar-refractivity contribution in [3.8, 4) is 5.75 Å². The van der Waals surface area contributed by atoms with Gasteiger partial charge in [0.25, 0.3) is 0 Å². The van der Waals surface area contributed by atoms with Gasteiger partial charge in [0.2, 0.25) is 0 Å². The number of aliphatic carboxylic acids is 1. The fourth-order valence-corrected chi connectivity index (χ4v) is 3.23. The van der Waals surface area contributed by atoms with Gasteiger partial charge in [-0.2, -0.15) is 0 Å². The van der Waals surface area contributed by atoms with Crippen LogP contribution in [0.15, 0.2) is 36.5 Å². The Morgan fingerprint density at radius 3 is 2.48 bits per heavy atom. The molecule has 27 heavy (non-hydrogen) atoms. The first-order valence-corrected chi connectivity index (χ1v) is 9.43. The number of hydrogen-bond donors (Lipinski definition) is 2. The van der Waals surface area contributed by atoms with Gasteiger partial charge < -0.3 is 15.2 Å². The molecule has 1 aromatic heterocycles. The third-order valence-corrected chi connectivity index (χ3v) is 4.44. The Bertz CT molecular complexity index is 721. The number of nitrogens with one attached hydrogen (secondary N) is 1. The quantitative estimate of drug-likeness (QED) is 0.658. The van der Waals surface area contributed by atoms with E-state index in [2.05, 4.69) is 22.4 Å². The number of carboxylic acid groups (broad SMARTS) is 1. The summed E-state index contributed by atoms with van der Waals surface area (Å²) >= 11 is 0. The van der Waals surface area contributed by atoms with Gasteiger partial charge in [-0.05, 0) is 55.0 Å². The third kappa shape index (κ3) is 6.68. The molecule has 2 N–H and O–H groups in total. The van der Waals surface area contributed by atoms with E-state index < -0.39 is 5.97 Å². The SMILES string of the molecule is Cc1cc(CNCC(CC(C)C)C(=O)O)cc(C)c1OCc1ccccn1. The second kappa shape index (κ2) is 10.1. The average Bonchev–Trinajstić information content (AvgIpc) is 2.60. The van der Waals surface area contributed by atoms with E-state index in [9.17, 15) is 9.90 Å². The van der Waals surface area contributed by atoms with Crippen LogP contribution in [-0.2, 0) is 17.9 Å². The molecule has 5 heteroatoms. The van der Waals surface area contributed by atoms with E-state index in [4.69, 9.17) is 4.74 Å². The van der Waals surface area contributed by atoms with Crippen molar-refractivity contribution in [2.45, 2.75) is 47.3 Å². The summed E-state index contributed by atoms with van der Waals surface area (Å²) in [5.74, 6) is 0.163. The van der Waals surface area contributed by atoms with Crippen molar-refractivity contribution in [1.29, 1.82) is 0 Å². The smallest absolute Gasteiger partial charge is 0.307 e. The van der Waals surface area contributed by atoms with Gasteiger partial charge in [0.05, 0.1) is 11.6 Å². The van der Waals surface area contributed by atoms with Crippen LogP contribution in [-0.4, -0.2) is 22.6 Å². The molecule has 146 valence electrons. The Balaban J connectivity index is 1.94. The molecule has 0 amide bonds. The molecule has 1 heterocycles. The lowest BCUT2D eigenvalue weighted by atomic mass is 9.97. The lowest BCUT2D eigenvalue weighted by molar-refractivity contribution is -0.142. The van der Waals surface area contributed by atoms with Gasteiger partial charge in [0.1, 0.15) is 12.4 Å². The maximum atomic E-state index is 11.4. The molecule has 1 unspecified atom stereocenters. The number of carbonyl (C=O) groups is 1. The van der Waals surface area contributed by atoms with E-state index >= 15 is 0 Å². The number of aryl methyl sites for hydroxylation is 2. The molecular formula is C22H30N2O3. The van der Waals surface area contributed by atoms with Crippen LogP contribution in [0.25, 0.3) is 0 Å². The summed E-state index contributed by atoms with van der Waals surface area (Å²) in [5, 5.41) is 12.6. The fourth-order valence-electron chi connectivity index (χ4n) is 3.23. The Kier molecular flexibility index (Phi) is 7.80. The molecule has 0 fully saturated rings. The number of benzene rings is 1. The molecule has 0 spiro atoms. The normalized spacial score (nSPS) is 12.2. The summed E-state index contributed by atoms with van der Waals surface area (Å²) in [6.45, 7) is 9.72. The summed E-state index contributed by atoms with van der Waals surface area (Å²) in [6, 6.07) is 9.96. The second-order valence-electron chi connectivity index (χ2n) is 7.46. The summed E-state index contributed by atoms with van der Waals surface area (Å²) in [6.07, 6.45) is 2.44. The van der Waals surface area contributed by atoms with E-state index in [-0.39, 0.29) is 5.92 Å². The topological polar surface area (TPSA) is 71.5 Å². The Hall–Kier alpha value is -2.40. The fraction of sp³-hybridized carbons (Fsp3) is 0.455. The molecule has 2 aromatic rings. The zero-order valence-electron chi connectivity index (χ0n) is 16.7. The maximum Gasteiger partial charge on any atom is 0.307 e. The van der Waals surface area contributed by atoms with Crippen molar-refractivity contribution in [3.63, 3.8) is 0 Å². The molecule has 2 rings (SSSR count). The largest absolute Gasteiger partial charge is 0.487 e. The number of pyridine rings is 1. The van der Waals surface area contributed by atoms with Crippen LogP contribution in [0.2, 0.25) is 0 Å². The zero-order valence-corrected chi connectivity index (χ0v) is 16.7. The first kappa shape index (κ1) is 20.9. The molecule has 0 saturated carbocycles. The minimum atomic E-state index is -0.734.